The van der Waals surface area contributed by atoms with E-state index in [9.17, 15) is 14.0 Å². The zero-order chi connectivity index (χ0) is 29.2. The second-order valence-corrected chi connectivity index (χ2v) is 9.96. The number of nitrogens with zero attached hydrogens (tertiary/aromatic N) is 4. The molecule has 218 valence electrons. The van der Waals surface area contributed by atoms with E-state index in [0.717, 1.165) is 25.7 Å². The van der Waals surface area contributed by atoms with Crippen LogP contribution in [0.2, 0.25) is 0 Å². The van der Waals surface area contributed by atoms with Gasteiger partial charge in [-0.2, -0.15) is 10.2 Å². The first-order valence-electron chi connectivity index (χ1n) is 13.5. The molecule has 5 N–H and O–H groups in total. The zero-order valence-corrected chi connectivity index (χ0v) is 23.2. The van der Waals surface area contributed by atoms with Crippen molar-refractivity contribution in [1.29, 1.82) is 0 Å². The normalized spacial score (nSPS) is 14.8. The van der Waals surface area contributed by atoms with Crippen LogP contribution in [0.4, 0.5) is 4.39 Å². The van der Waals surface area contributed by atoms with Gasteiger partial charge in [0.05, 0.1) is 26.2 Å². The molecule has 1 aromatic heterocycles. The number of H-pyrrole nitrogens is 1. The number of tetrazole rings is 1. The summed E-state index contributed by atoms with van der Waals surface area (Å²) in [4.78, 5) is 29.9. The zero-order valence-electron chi connectivity index (χ0n) is 23.2. The van der Waals surface area contributed by atoms with Crippen molar-refractivity contribution in [2.75, 3.05) is 14.2 Å². The maximum absolute atomic E-state index is 14.3. The molecule has 41 heavy (non-hydrogen) atoms. The molecule has 0 bridgehead atoms. The van der Waals surface area contributed by atoms with E-state index in [1.807, 2.05) is 0 Å². The number of halogens is 1. The fraction of sp³-hybridized carbons (Fsp3) is 0.429. The molecule has 0 aliphatic heterocycles. The fourth-order valence-corrected chi connectivity index (χ4v) is 4.98. The summed E-state index contributed by atoms with van der Waals surface area (Å²) in [6.07, 6.45) is 5.99. The van der Waals surface area contributed by atoms with Gasteiger partial charge >= 0.3 is 0 Å². The average molecular weight is 567 g/mol. The van der Waals surface area contributed by atoms with E-state index in [1.54, 1.807) is 30.3 Å². The van der Waals surface area contributed by atoms with Crippen molar-refractivity contribution in [1.82, 2.24) is 31.3 Å². The fourth-order valence-electron chi connectivity index (χ4n) is 4.98. The van der Waals surface area contributed by atoms with Crippen molar-refractivity contribution < 1.29 is 23.5 Å². The van der Waals surface area contributed by atoms with Gasteiger partial charge in [-0.15, -0.1) is 10.2 Å². The number of aromatic amines is 1. The molecular weight excluding hydrogens is 531 g/mol. The van der Waals surface area contributed by atoms with Gasteiger partial charge in [0.2, 0.25) is 11.7 Å². The van der Waals surface area contributed by atoms with Gasteiger partial charge in [-0.3, -0.25) is 9.59 Å². The third kappa shape index (κ3) is 8.22. The first kappa shape index (κ1) is 29.4. The molecule has 1 atom stereocenters. The van der Waals surface area contributed by atoms with Gasteiger partial charge in [-0.1, -0.05) is 44.2 Å². The summed E-state index contributed by atoms with van der Waals surface area (Å²) in [5.41, 5.74) is 7.61. The smallest absolute Gasteiger partial charge is 0.253 e. The van der Waals surface area contributed by atoms with E-state index in [2.05, 4.69) is 36.3 Å². The highest BCUT2D eigenvalue weighted by Gasteiger charge is 2.25. The van der Waals surface area contributed by atoms with E-state index < -0.39 is 17.8 Å². The van der Waals surface area contributed by atoms with Crippen LogP contribution in [0.25, 0.3) is 11.4 Å². The number of carbonyl (C=O) groups excluding carboxylic acids is 2. The number of amides is 2. The van der Waals surface area contributed by atoms with Crippen LogP contribution in [-0.2, 0) is 22.6 Å². The average Bonchev–Trinajstić information content (AvgIpc) is 3.51. The van der Waals surface area contributed by atoms with Crippen molar-refractivity contribution in [3.05, 3.63) is 53.3 Å². The van der Waals surface area contributed by atoms with Crippen LogP contribution in [0.1, 0.15) is 49.7 Å². The lowest BCUT2D eigenvalue weighted by Crippen LogP contribution is -2.50. The summed E-state index contributed by atoms with van der Waals surface area (Å²) < 4.78 is 24.8. The van der Waals surface area contributed by atoms with Crippen LogP contribution in [0.15, 0.2) is 41.4 Å². The number of ether oxygens (including phenoxy) is 2. The van der Waals surface area contributed by atoms with Gasteiger partial charge in [0.25, 0.3) is 5.91 Å². The van der Waals surface area contributed by atoms with Crippen molar-refractivity contribution >= 4 is 17.8 Å². The molecule has 1 aliphatic rings. The molecule has 2 amide bonds. The van der Waals surface area contributed by atoms with Crippen LogP contribution in [0, 0.1) is 11.7 Å². The second-order valence-electron chi connectivity index (χ2n) is 9.96. The number of guanidine groups is 1. The number of carbonyl (C=O) groups is 2. The molecule has 2 aromatic carbocycles. The monoisotopic (exact) mass is 566 g/mol. The Morgan fingerprint density at radius 1 is 1.10 bits per heavy atom. The van der Waals surface area contributed by atoms with Crippen molar-refractivity contribution in [3.63, 3.8) is 0 Å². The van der Waals surface area contributed by atoms with Crippen molar-refractivity contribution in [2.45, 2.75) is 57.5 Å². The number of hydrogen-bond donors (Lipinski definition) is 4. The molecule has 1 unspecified atom stereocenters. The topological polar surface area (TPSA) is 169 Å². The minimum atomic E-state index is -0.701. The molecule has 1 aliphatic carbocycles. The first-order valence-corrected chi connectivity index (χ1v) is 13.5. The van der Waals surface area contributed by atoms with Crippen LogP contribution >= 0.6 is 0 Å². The number of aromatic nitrogens is 4. The summed E-state index contributed by atoms with van der Waals surface area (Å²) in [6, 6.07) is 8.89. The number of methoxy groups -OCH3 is 2. The van der Waals surface area contributed by atoms with Crippen LogP contribution in [-0.4, -0.2) is 58.7 Å². The molecule has 4 rings (SSSR count). The van der Waals surface area contributed by atoms with Gasteiger partial charge in [-0.25, -0.2) is 4.39 Å². The van der Waals surface area contributed by atoms with Gasteiger partial charge in [0, 0.05) is 6.54 Å². The molecular formula is C28H35FN8O4. The quantitative estimate of drug-likeness (QED) is 0.201. The molecule has 13 heteroatoms. The standard InChI is InChI=1S/C28H35FN8O4/c1-40-23-11-9-18(14-24(23)41-2)15-25(38)33-28(30)32-22(13-17-6-4-3-5-7-17)27(39)31-16-19-8-10-21(29)20(12-19)26-34-36-37-35-26/h8-12,14,17,22H,3-7,13,15-16H2,1-2H3,(H,31,39)(H3,30,32,33,38)(H,34,35,36,37). The Morgan fingerprint density at radius 3 is 2.56 bits per heavy atom. The highest BCUT2D eigenvalue weighted by atomic mass is 19.1. The van der Waals surface area contributed by atoms with Gasteiger partial charge < -0.3 is 25.8 Å². The molecule has 3 aromatic rings. The van der Waals surface area contributed by atoms with E-state index >= 15 is 0 Å². The predicted molar refractivity (Wildman–Crippen MR) is 149 cm³/mol. The Labute approximate surface area is 237 Å². The predicted octanol–water partition coefficient (Wildman–Crippen LogP) is 2.65. The Morgan fingerprint density at radius 2 is 1.85 bits per heavy atom. The molecule has 0 radical (unpaired) electrons. The Balaban J connectivity index is 1.42. The van der Waals surface area contributed by atoms with Crippen LogP contribution in [0.3, 0.4) is 0 Å². The van der Waals surface area contributed by atoms with Crippen LogP contribution in [0.5, 0.6) is 11.5 Å². The first-order chi connectivity index (χ1) is 19.9. The third-order valence-corrected chi connectivity index (χ3v) is 7.06. The lowest BCUT2D eigenvalue weighted by atomic mass is 9.84. The van der Waals surface area contributed by atoms with E-state index in [0.29, 0.717) is 35.0 Å². The Bertz CT molecular complexity index is 1360. The van der Waals surface area contributed by atoms with Gasteiger partial charge in [0.15, 0.2) is 17.5 Å². The third-order valence-electron chi connectivity index (χ3n) is 7.06. The highest BCUT2D eigenvalue weighted by molar-refractivity contribution is 5.95. The Hall–Kier alpha value is -4.55. The number of rotatable bonds is 11. The molecule has 1 fully saturated rings. The number of benzene rings is 2. The van der Waals surface area contributed by atoms with E-state index in [-0.39, 0.29) is 36.2 Å². The maximum atomic E-state index is 14.3. The number of nitrogens with two attached hydrogens (primary N) is 1. The van der Waals surface area contributed by atoms with Gasteiger partial charge in [0.1, 0.15) is 11.9 Å². The summed E-state index contributed by atoms with van der Waals surface area (Å²) in [7, 11) is 3.05. The molecule has 0 saturated heterocycles. The SMILES string of the molecule is COc1ccc(CC(=O)N=C(N)NC(CC2CCCCC2)C(=O)NCc2ccc(F)c(-c3nn[nH]n3)c2)cc1OC. The number of nitrogens with one attached hydrogen (secondary N) is 3. The van der Waals surface area contributed by atoms with E-state index in [4.69, 9.17) is 15.2 Å². The van der Waals surface area contributed by atoms with E-state index in [1.165, 1.54) is 26.7 Å². The minimum absolute atomic E-state index is 0.00446. The summed E-state index contributed by atoms with van der Waals surface area (Å²) in [6.45, 7) is 0.141. The largest absolute Gasteiger partial charge is 0.493 e. The molecule has 0 spiro atoms. The van der Waals surface area contributed by atoms with Crippen LogP contribution < -0.4 is 25.8 Å². The highest BCUT2D eigenvalue weighted by Crippen LogP contribution is 2.29. The lowest BCUT2D eigenvalue weighted by Gasteiger charge is -2.27. The molecule has 1 heterocycles. The lowest BCUT2D eigenvalue weighted by molar-refractivity contribution is -0.123. The van der Waals surface area contributed by atoms with Gasteiger partial charge in [-0.05, 0) is 52.9 Å². The summed E-state index contributed by atoms with van der Waals surface area (Å²) >= 11 is 0. The summed E-state index contributed by atoms with van der Waals surface area (Å²) in [5.74, 6) is 0.116. The minimum Gasteiger partial charge on any atom is -0.493 e. The summed E-state index contributed by atoms with van der Waals surface area (Å²) in [5, 5.41) is 19.3. The number of hydrogen-bond acceptors (Lipinski definition) is 7. The van der Waals surface area contributed by atoms with Crippen molar-refractivity contribution in [3.8, 4) is 22.9 Å². The van der Waals surface area contributed by atoms with Crippen molar-refractivity contribution in [2.24, 2.45) is 16.6 Å². The maximum Gasteiger partial charge on any atom is 0.253 e. The molecule has 1 saturated carbocycles. The molecule has 12 nitrogen and oxygen atoms in total. The number of aliphatic imine (C=N–C) groups is 1. The second kappa shape index (κ2) is 14.2. The Kier molecular flexibility index (Phi) is 10.2.